The van der Waals surface area contributed by atoms with Crippen molar-refractivity contribution in [1.82, 2.24) is 4.90 Å². The van der Waals surface area contributed by atoms with Crippen LogP contribution in [0.2, 0.25) is 0 Å². The molecule has 1 fully saturated rings. The van der Waals surface area contributed by atoms with Crippen LogP contribution in [0.5, 0.6) is 0 Å². The summed E-state index contributed by atoms with van der Waals surface area (Å²) >= 11 is 1.67. The molecule has 2 aliphatic rings. The second kappa shape index (κ2) is 6.44. The van der Waals surface area contributed by atoms with E-state index in [2.05, 4.69) is 0 Å². The fourth-order valence-corrected chi connectivity index (χ4v) is 4.49. The summed E-state index contributed by atoms with van der Waals surface area (Å²) in [5.74, 6) is -0.588. The Hall–Kier alpha value is -2.47. The van der Waals surface area contributed by atoms with Crippen LogP contribution in [-0.2, 0) is 4.79 Å². The third-order valence-electron chi connectivity index (χ3n) is 4.72. The van der Waals surface area contributed by atoms with Gasteiger partial charge in [-0.1, -0.05) is 36.0 Å². The van der Waals surface area contributed by atoms with E-state index >= 15 is 0 Å². The summed E-state index contributed by atoms with van der Waals surface area (Å²) in [5, 5.41) is 0. The van der Waals surface area contributed by atoms with Gasteiger partial charge < -0.3 is 10.6 Å². The molecule has 2 aromatic rings. The highest BCUT2D eigenvalue weighted by Crippen LogP contribution is 2.48. The van der Waals surface area contributed by atoms with E-state index in [1.54, 1.807) is 21.6 Å². The Kier molecular flexibility index (Phi) is 4.13. The minimum Gasteiger partial charge on any atom is -0.369 e. The van der Waals surface area contributed by atoms with Crippen molar-refractivity contribution in [3.63, 3.8) is 0 Å². The van der Waals surface area contributed by atoms with Crippen LogP contribution in [0.25, 0.3) is 0 Å². The van der Waals surface area contributed by atoms with Gasteiger partial charge in [-0.25, -0.2) is 4.79 Å². The molecule has 128 valence electrons. The largest absolute Gasteiger partial charge is 0.369 e. The molecule has 0 radical (unpaired) electrons. The zero-order valence-electron chi connectivity index (χ0n) is 13.7. The number of fused-ring (bicyclic) bond motifs is 2. The van der Waals surface area contributed by atoms with Crippen LogP contribution < -0.4 is 10.6 Å². The number of primary amides is 1. The van der Waals surface area contributed by atoms with Gasteiger partial charge in [0.1, 0.15) is 0 Å². The first-order chi connectivity index (χ1) is 12.1. The molecule has 2 heterocycles. The Bertz CT molecular complexity index is 793. The van der Waals surface area contributed by atoms with Crippen LogP contribution >= 0.6 is 11.8 Å². The van der Waals surface area contributed by atoms with E-state index in [0.717, 1.165) is 34.0 Å². The van der Waals surface area contributed by atoms with Crippen molar-refractivity contribution in [3.8, 4) is 0 Å². The molecular weight excluding hydrogens is 334 g/mol. The normalized spacial score (nSPS) is 19.1. The van der Waals surface area contributed by atoms with Gasteiger partial charge in [0.15, 0.2) is 0 Å². The standard InChI is InChI=1S/C19H19N3O2S/c20-18(23)13-6-5-11-21(12-13)19(24)22-14-7-1-3-9-16(14)25-17-10-4-2-8-15(17)22/h1-4,7-10,13H,5-6,11-12H2,(H2,20,23)/t13-/m1/s1. The summed E-state index contributed by atoms with van der Waals surface area (Å²) in [6.45, 7) is 1.04. The van der Waals surface area contributed by atoms with Crippen molar-refractivity contribution >= 4 is 35.1 Å². The first-order valence-electron chi connectivity index (χ1n) is 8.39. The molecule has 25 heavy (non-hydrogen) atoms. The van der Waals surface area contributed by atoms with Crippen LogP contribution in [0, 0.1) is 5.92 Å². The molecule has 1 saturated heterocycles. The Balaban J connectivity index is 1.72. The minimum absolute atomic E-state index is 0.0915. The van der Waals surface area contributed by atoms with Crippen molar-refractivity contribution in [3.05, 3.63) is 48.5 Å². The molecule has 0 aliphatic carbocycles. The van der Waals surface area contributed by atoms with E-state index in [1.165, 1.54) is 0 Å². The summed E-state index contributed by atoms with van der Waals surface area (Å²) < 4.78 is 0. The number of anilines is 2. The average molecular weight is 353 g/mol. The van der Waals surface area contributed by atoms with Crippen LogP contribution in [0.15, 0.2) is 58.3 Å². The van der Waals surface area contributed by atoms with E-state index < -0.39 is 0 Å². The smallest absolute Gasteiger partial charge is 0.329 e. The number of hydrogen-bond donors (Lipinski definition) is 1. The molecule has 5 nitrogen and oxygen atoms in total. The maximum atomic E-state index is 13.3. The molecule has 1 atom stereocenters. The van der Waals surface area contributed by atoms with Gasteiger partial charge in [-0.3, -0.25) is 9.69 Å². The number of nitrogens with zero attached hydrogens (tertiary/aromatic N) is 2. The molecule has 4 rings (SSSR count). The number of urea groups is 1. The van der Waals surface area contributed by atoms with E-state index in [1.807, 2.05) is 48.5 Å². The summed E-state index contributed by atoms with van der Waals surface area (Å²) in [4.78, 5) is 30.5. The van der Waals surface area contributed by atoms with Crippen molar-refractivity contribution < 1.29 is 9.59 Å². The highest BCUT2D eigenvalue weighted by atomic mass is 32.2. The maximum Gasteiger partial charge on any atom is 0.329 e. The summed E-state index contributed by atoms with van der Waals surface area (Å²) in [6, 6.07) is 15.7. The topological polar surface area (TPSA) is 66.6 Å². The highest BCUT2D eigenvalue weighted by Gasteiger charge is 2.34. The molecule has 0 spiro atoms. The Morgan fingerprint density at radius 2 is 1.60 bits per heavy atom. The number of rotatable bonds is 1. The number of benzene rings is 2. The predicted octanol–water partition coefficient (Wildman–Crippen LogP) is 3.61. The second-order valence-electron chi connectivity index (χ2n) is 6.34. The number of carbonyl (C=O) groups excluding carboxylic acids is 2. The molecule has 0 aromatic heterocycles. The van der Waals surface area contributed by atoms with Crippen LogP contribution in [0.1, 0.15) is 12.8 Å². The zero-order valence-corrected chi connectivity index (χ0v) is 14.5. The third kappa shape index (κ3) is 2.87. The Morgan fingerprint density at radius 1 is 1.00 bits per heavy atom. The molecule has 2 N–H and O–H groups in total. The van der Waals surface area contributed by atoms with Crippen LogP contribution in [0.4, 0.5) is 16.2 Å². The Morgan fingerprint density at radius 3 is 2.20 bits per heavy atom. The van der Waals surface area contributed by atoms with Crippen molar-refractivity contribution in [1.29, 1.82) is 0 Å². The number of likely N-dealkylation sites (tertiary alicyclic amines) is 1. The molecule has 0 bridgehead atoms. The van der Waals surface area contributed by atoms with Gasteiger partial charge >= 0.3 is 6.03 Å². The predicted molar refractivity (Wildman–Crippen MR) is 98.0 cm³/mol. The molecule has 0 unspecified atom stereocenters. The summed E-state index contributed by atoms with van der Waals surface area (Å²) in [7, 11) is 0. The lowest BCUT2D eigenvalue weighted by Crippen LogP contribution is -2.49. The number of amides is 3. The minimum atomic E-state index is -0.326. The van der Waals surface area contributed by atoms with Gasteiger partial charge in [0.05, 0.1) is 17.3 Å². The number of para-hydroxylation sites is 2. The maximum absolute atomic E-state index is 13.3. The van der Waals surface area contributed by atoms with Gasteiger partial charge in [0, 0.05) is 22.9 Å². The number of piperidine rings is 1. The zero-order chi connectivity index (χ0) is 17.4. The number of carbonyl (C=O) groups is 2. The SMILES string of the molecule is NC(=O)[C@@H]1CCCN(C(=O)N2c3ccccc3Sc3ccccc32)C1. The average Bonchev–Trinajstić information content (AvgIpc) is 2.65. The second-order valence-corrected chi connectivity index (χ2v) is 7.43. The molecule has 0 saturated carbocycles. The van der Waals surface area contributed by atoms with Gasteiger partial charge in [-0.2, -0.15) is 0 Å². The van der Waals surface area contributed by atoms with Crippen molar-refractivity contribution in [2.45, 2.75) is 22.6 Å². The molecule has 6 heteroatoms. The quantitative estimate of drug-likeness (QED) is 0.852. The van der Waals surface area contributed by atoms with E-state index in [-0.39, 0.29) is 17.9 Å². The van der Waals surface area contributed by atoms with E-state index in [9.17, 15) is 9.59 Å². The van der Waals surface area contributed by atoms with Crippen molar-refractivity contribution in [2.75, 3.05) is 18.0 Å². The lowest BCUT2D eigenvalue weighted by Gasteiger charge is -2.38. The molecule has 2 aliphatic heterocycles. The molecular formula is C19H19N3O2S. The highest BCUT2D eigenvalue weighted by molar-refractivity contribution is 7.99. The van der Waals surface area contributed by atoms with Crippen molar-refractivity contribution in [2.24, 2.45) is 11.7 Å². The number of nitrogens with two attached hydrogens (primary N) is 1. The van der Waals surface area contributed by atoms with Crippen LogP contribution in [0.3, 0.4) is 0 Å². The fraction of sp³-hybridized carbons (Fsp3) is 0.263. The van der Waals surface area contributed by atoms with E-state index in [4.69, 9.17) is 5.73 Å². The van der Waals surface area contributed by atoms with Gasteiger partial charge in [-0.15, -0.1) is 0 Å². The summed E-state index contributed by atoms with van der Waals surface area (Å²) in [5.41, 5.74) is 7.24. The molecule has 2 aromatic carbocycles. The summed E-state index contributed by atoms with van der Waals surface area (Å²) in [6.07, 6.45) is 1.55. The lowest BCUT2D eigenvalue weighted by molar-refractivity contribution is -0.123. The molecule has 3 amide bonds. The first-order valence-corrected chi connectivity index (χ1v) is 9.21. The van der Waals surface area contributed by atoms with Gasteiger partial charge in [0.2, 0.25) is 5.91 Å². The monoisotopic (exact) mass is 353 g/mol. The van der Waals surface area contributed by atoms with Crippen LogP contribution in [-0.4, -0.2) is 29.9 Å². The van der Waals surface area contributed by atoms with E-state index in [0.29, 0.717) is 13.1 Å². The first kappa shape index (κ1) is 16.0. The number of hydrogen-bond acceptors (Lipinski definition) is 3. The van der Waals surface area contributed by atoms with Gasteiger partial charge in [-0.05, 0) is 37.1 Å². The van der Waals surface area contributed by atoms with Gasteiger partial charge in [0.25, 0.3) is 0 Å². The third-order valence-corrected chi connectivity index (χ3v) is 5.85. The Labute approximate surface area is 150 Å². The fourth-order valence-electron chi connectivity index (χ4n) is 3.44. The lowest BCUT2D eigenvalue weighted by atomic mass is 9.98.